The molecule has 26 heavy (non-hydrogen) atoms. The Morgan fingerprint density at radius 1 is 1.15 bits per heavy atom. The molecule has 2 aliphatic rings. The van der Waals surface area contributed by atoms with Gasteiger partial charge in [0.2, 0.25) is 5.91 Å². The second-order valence-corrected chi connectivity index (χ2v) is 7.22. The molecule has 5 nitrogen and oxygen atoms in total. The van der Waals surface area contributed by atoms with Crippen LogP contribution in [0.2, 0.25) is 0 Å². The molecular formula is C19H24F2N2O3. The van der Waals surface area contributed by atoms with Crippen molar-refractivity contribution in [3.63, 3.8) is 0 Å². The number of hydrogen-bond acceptors (Lipinski definition) is 3. The van der Waals surface area contributed by atoms with Crippen LogP contribution in [0.5, 0.6) is 0 Å². The molecule has 2 fully saturated rings. The number of amides is 2. The van der Waals surface area contributed by atoms with E-state index in [9.17, 15) is 18.4 Å². The molecule has 0 radical (unpaired) electrons. The van der Waals surface area contributed by atoms with Crippen LogP contribution < -0.4 is 5.32 Å². The van der Waals surface area contributed by atoms with E-state index in [1.54, 1.807) is 11.8 Å². The molecule has 1 saturated heterocycles. The van der Waals surface area contributed by atoms with Crippen molar-refractivity contribution < 1.29 is 23.1 Å². The minimum Gasteiger partial charge on any atom is -0.453 e. The van der Waals surface area contributed by atoms with Crippen LogP contribution in [-0.4, -0.2) is 43.1 Å². The predicted molar refractivity (Wildman–Crippen MR) is 91.7 cm³/mol. The number of nitrogens with zero attached hydrogens (tertiary/aromatic N) is 1. The molecule has 1 aromatic carbocycles. The molecule has 142 valence electrons. The Morgan fingerprint density at radius 3 is 2.42 bits per heavy atom. The second kappa shape index (κ2) is 7.60. The lowest BCUT2D eigenvalue weighted by Gasteiger charge is -2.40. The number of benzene rings is 1. The molecule has 1 aliphatic carbocycles. The van der Waals surface area contributed by atoms with Crippen molar-refractivity contribution in [2.75, 3.05) is 20.2 Å². The van der Waals surface area contributed by atoms with E-state index in [0.717, 1.165) is 0 Å². The molecule has 7 heteroatoms. The van der Waals surface area contributed by atoms with Gasteiger partial charge >= 0.3 is 6.09 Å². The van der Waals surface area contributed by atoms with Gasteiger partial charge in [0, 0.05) is 25.0 Å². The van der Waals surface area contributed by atoms with Crippen LogP contribution in [0.4, 0.5) is 13.6 Å². The lowest BCUT2D eigenvalue weighted by Crippen LogP contribution is -2.51. The van der Waals surface area contributed by atoms with Gasteiger partial charge < -0.3 is 15.0 Å². The first-order chi connectivity index (χ1) is 12.4. The third-order valence-electron chi connectivity index (χ3n) is 5.52. The summed E-state index contributed by atoms with van der Waals surface area (Å²) in [5.74, 6) is -0.823. The highest BCUT2D eigenvalue weighted by Gasteiger charge is 2.38. The van der Waals surface area contributed by atoms with Gasteiger partial charge in [-0.15, -0.1) is 0 Å². The molecule has 0 unspecified atom stereocenters. The van der Waals surface area contributed by atoms with Gasteiger partial charge in [0.05, 0.1) is 7.11 Å². The van der Waals surface area contributed by atoms with Gasteiger partial charge in [-0.05, 0) is 61.8 Å². The number of ether oxygens (including phenoxy) is 1. The normalized spacial score (nSPS) is 23.3. The van der Waals surface area contributed by atoms with E-state index in [-0.39, 0.29) is 29.6 Å². The minimum atomic E-state index is -0.478. The van der Waals surface area contributed by atoms with Gasteiger partial charge in [0.25, 0.3) is 0 Å². The number of rotatable bonds is 3. The molecule has 1 aromatic rings. The molecule has 0 atom stereocenters. The second-order valence-electron chi connectivity index (χ2n) is 7.22. The third kappa shape index (κ3) is 3.81. The molecule has 1 heterocycles. The molecule has 3 rings (SSSR count). The van der Waals surface area contributed by atoms with Gasteiger partial charge in [-0.2, -0.15) is 0 Å². The highest BCUT2D eigenvalue weighted by atomic mass is 19.1. The summed E-state index contributed by atoms with van der Waals surface area (Å²) in [6.07, 6.45) is 2.01. The van der Waals surface area contributed by atoms with E-state index < -0.39 is 11.9 Å². The number of alkyl carbamates (subject to hydrolysis) is 1. The lowest BCUT2D eigenvalue weighted by molar-refractivity contribution is -0.140. The Hall–Kier alpha value is -2.18. The number of halogens is 2. The number of carbonyl (C=O) groups is 2. The van der Waals surface area contributed by atoms with Crippen LogP contribution in [0, 0.1) is 24.5 Å². The number of likely N-dealkylation sites (tertiary alicyclic amines) is 1. The number of aryl methyl sites for hydroxylation is 1. The number of methoxy groups -OCH3 is 1. The summed E-state index contributed by atoms with van der Waals surface area (Å²) in [4.78, 5) is 25.5. The van der Waals surface area contributed by atoms with Gasteiger partial charge in [-0.25, -0.2) is 13.6 Å². The Labute approximate surface area is 151 Å². The number of hydrogen-bond donors (Lipinski definition) is 1. The fourth-order valence-electron chi connectivity index (χ4n) is 3.81. The Bertz CT molecular complexity index is 696. The average Bonchev–Trinajstić information content (AvgIpc) is 2.60. The van der Waals surface area contributed by atoms with Crippen molar-refractivity contribution in [3.8, 4) is 0 Å². The van der Waals surface area contributed by atoms with Crippen LogP contribution in [-0.2, 0) is 9.53 Å². The quantitative estimate of drug-likeness (QED) is 0.894. The zero-order valence-corrected chi connectivity index (χ0v) is 15.1. The highest BCUT2D eigenvalue weighted by Crippen LogP contribution is 2.34. The zero-order valence-electron chi connectivity index (χ0n) is 15.1. The van der Waals surface area contributed by atoms with Gasteiger partial charge in [0.1, 0.15) is 11.6 Å². The standard InChI is InChI=1S/C19H24F2N2O3/c1-11-7-17(21)15(10-16(11)20)12-3-5-23(6-4-12)18(24)13-8-14(9-13)22-19(25)26-2/h7,10,12-14H,3-6,8-9H2,1-2H3,(H,22,25). The van der Waals surface area contributed by atoms with Crippen LogP contribution in [0.25, 0.3) is 0 Å². The van der Waals surface area contributed by atoms with Crippen molar-refractivity contribution >= 4 is 12.0 Å². The van der Waals surface area contributed by atoms with Crippen molar-refractivity contribution in [3.05, 3.63) is 34.9 Å². The maximum atomic E-state index is 14.1. The summed E-state index contributed by atoms with van der Waals surface area (Å²) < 4.78 is 32.5. The van der Waals surface area contributed by atoms with Crippen molar-refractivity contribution in [1.29, 1.82) is 0 Å². The van der Waals surface area contributed by atoms with Crippen LogP contribution in [0.3, 0.4) is 0 Å². The Morgan fingerprint density at radius 2 is 1.81 bits per heavy atom. The summed E-state index contributed by atoms with van der Waals surface area (Å²) >= 11 is 0. The molecule has 1 aliphatic heterocycles. The fraction of sp³-hybridized carbons (Fsp3) is 0.579. The Balaban J connectivity index is 1.51. The maximum absolute atomic E-state index is 14.1. The maximum Gasteiger partial charge on any atom is 0.407 e. The van der Waals surface area contributed by atoms with Gasteiger partial charge in [-0.1, -0.05) is 0 Å². The first-order valence-corrected chi connectivity index (χ1v) is 8.97. The van der Waals surface area contributed by atoms with E-state index in [1.807, 2.05) is 0 Å². The summed E-state index contributed by atoms with van der Waals surface area (Å²) in [5.41, 5.74) is 0.713. The fourth-order valence-corrected chi connectivity index (χ4v) is 3.81. The Kier molecular flexibility index (Phi) is 5.44. The van der Waals surface area contributed by atoms with Crippen LogP contribution in [0.15, 0.2) is 12.1 Å². The third-order valence-corrected chi connectivity index (χ3v) is 5.52. The molecule has 0 aromatic heterocycles. The van der Waals surface area contributed by atoms with Crippen LogP contribution >= 0.6 is 0 Å². The van der Waals surface area contributed by atoms with Gasteiger partial charge in [0.15, 0.2) is 0 Å². The first kappa shape index (κ1) is 18.6. The monoisotopic (exact) mass is 366 g/mol. The number of piperidine rings is 1. The molecule has 2 amide bonds. The van der Waals surface area contributed by atoms with Crippen molar-refractivity contribution in [2.45, 2.75) is 44.6 Å². The summed E-state index contributed by atoms with van der Waals surface area (Å²) in [6, 6.07) is 2.52. The molecule has 1 saturated carbocycles. The van der Waals surface area contributed by atoms with E-state index in [1.165, 1.54) is 19.2 Å². The molecule has 0 spiro atoms. The highest BCUT2D eigenvalue weighted by molar-refractivity contribution is 5.80. The molecular weight excluding hydrogens is 342 g/mol. The van der Waals surface area contributed by atoms with E-state index in [2.05, 4.69) is 10.1 Å². The molecule has 1 N–H and O–H groups in total. The van der Waals surface area contributed by atoms with E-state index in [4.69, 9.17) is 0 Å². The summed E-state index contributed by atoms with van der Waals surface area (Å²) in [7, 11) is 1.31. The zero-order chi connectivity index (χ0) is 18.8. The predicted octanol–water partition coefficient (Wildman–Crippen LogP) is 3.11. The first-order valence-electron chi connectivity index (χ1n) is 8.97. The lowest BCUT2D eigenvalue weighted by atomic mass is 9.78. The summed E-state index contributed by atoms with van der Waals surface area (Å²) in [5, 5.41) is 2.69. The van der Waals surface area contributed by atoms with Crippen LogP contribution in [0.1, 0.15) is 42.7 Å². The van der Waals surface area contributed by atoms with E-state index in [0.29, 0.717) is 49.9 Å². The number of nitrogens with one attached hydrogen (secondary N) is 1. The largest absolute Gasteiger partial charge is 0.453 e. The average molecular weight is 366 g/mol. The van der Waals surface area contributed by atoms with Gasteiger partial charge in [-0.3, -0.25) is 4.79 Å². The van der Waals surface area contributed by atoms with Crippen molar-refractivity contribution in [1.82, 2.24) is 10.2 Å². The summed E-state index contributed by atoms with van der Waals surface area (Å²) in [6.45, 7) is 2.64. The number of carbonyl (C=O) groups excluding carboxylic acids is 2. The SMILES string of the molecule is COC(=O)NC1CC(C(=O)N2CCC(c3cc(F)c(C)cc3F)CC2)C1. The smallest absolute Gasteiger partial charge is 0.407 e. The topological polar surface area (TPSA) is 58.6 Å². The van der Waals surface area contributed by atoms with Crippen molar-refractivity contribution in [2.24, 2.45) is 5.92 Å². The van der Waals surface area contributed by atoms with E-state index >= 15 is 0 Å². The minimum absolute atomic E-state index is 0.0152. The molecule has 0 bridgehead atoms.